The molecule has 1 N–H and O–H groups in total. The van der Waals surface area contributed by atoms with Crippen molar-refractivity contribution in [2.45, 2.75) is 13.0 Å². The van der Waals surface area contributed by atoms with Crippen LogP contribution in [0.2, 0.25) is 5.22 Å². The molecule has 0 atom stereocenters. The van der Waals surface area contributed by atoms with Crippen molar-refractivity contribution >= 4 is 23.3 Å². The molecule has 1 aliphatic rings. The summed E-state index contributed by atoms with van der Waals surface area (Å²) in [5, 5.41) is 2.99. The van der Waals surface area contributed by atoms with Crippen molar-refractivity contribution in [1.29, 1.82) is 0 Å². The molecule has 1 amide bonds. The Labute approximate surface area is 146 Å². The molecule has 1 aliphatic heterocycles. The van der Waals surface area contributed by atoms with Gasteiger partial charge in [-0.1, -0.05) is 6.07 Å². The summed E-state index contributed by atoms with van der Waals surface area (Å²) in [6, 6.07) is 7.10. The van der Waals surface area contributed by atoms with Gasteiger partial charge in [-0.15, -0.1) is 0 Å². The molecule has 1 saturated heterocycles. The quantitative estimate of drug-likeness (QED) is 0.919. The molecule has 0 bridgehead atoms. The Morgan fingerprint density at radius 3 is 2.83 bits per heavy atom. The average Bonchev–Trinajstić information content (AvgIpc) is 2.91. The van der Waals surface area contributed by atoms with Crippen molar-refractivity contribution in [2.75, 3.05) is 38.1 Å². The Kier molecular flexibility index (Phi) is 5.37. The number of carbonyl (C=O) groups excluding carboxylic acids is 1. The number of halogens is 1. The van der Waals surface area contributed by atoms with Crippen LogP contribution in [0.15, 0.2) is 34.9 Å². The number of likely N-dealkylation sites (N-methyl/N-ethyl adjacent to an activating group) is 1. The van der Waals surface area contributed by atoms with Gasteiger partial charge in [-0.25, -0.2) is 4.98 Å². The Balaban J connectivity index is 1.55. The van der Waals surface area contributed by atoms with Crippen molar-refractivity contribution in [3.05, 3.63) is 47.0 Å². The number of furan rings is 1. The summed E-state index contributed by atoms with van der Waals surface area (Å²) in [5.74, 6) is 0.901. The highest BCUT2D eigenvalue weighted by Gasteiger charge is 2.14. The molecule has 3 heterocycles. The summed E-state index contributed by atoms with van der Waals surface area (Å²) in [4.78, 5) is 21.1. The highest BCUT2D eigenvalue weighted by Crippen LogP contribution is 2.15. The number of hydrogen-bond acceptors (Lipinski definition) is 5. The maximum atomic E-state index is 11.9. The lowest BCUT2D eigenvalue weighted by atomic mass is 10.2. The zero-order valence-corrected chi connectivity index (χ0v) is 14.4. The first kappa shape index (κ1) is 16.8. The lowest BCUT2D eigenvalue weighted by molar-refractivity contribution is 0.0923. The van der Waals surface area contributed by atoms with Crippen LogP contribution >= 0.6 is 11.6 Å². The zero-order chi connectivity index (χ0) is 16.9. The molecule has 24 heavy (non-hydrogen) atoms. The smallest absolute Gasteiger partial charge is 0.287 e. The van der Waals surface area contributed by atoms with Gasteiger partial charge < -0.3 is 19.5 Å². The number of aromatic nitrogens is 1. The van der Waals surface area contributed by atoms with Crippen molar-refractivity contribution in [1.82, 2.24) is 15.2 Å². The van der Waals surface area contributed by atoms with E-state index in [9.17, 15) is 4.79 Å². The molecular weight excluding hydrogens is 328 g/mol. The topological polar surface area (TPSA) is 61.6 Å². The molecule has 7 heteroatoms. The number of nitrogens with zero attached hydrogens (tertiary/aromatic N) is 3. The van der Waals surface area contributed by atoms with Crippen molar-refractivity contribution in [2.24, 2.45) is 0 Å². The van der Waals surface area contributed by atoms with Gasteiger partial charge in [0.25, 0.3) is 5.91 Å². The average molecular weight is 349 g/mol. The number of pyridine rings is 1. The second-order valence-electron chi connectivity index (χ2n) is 5.95. The van der Waals surface area contributed by atoms with Crippen LogP contribution in [0.4, 0.5) is 5.82 Å². The van der Waals surface area contributed by atoms with Crippen LogP contribution in [0, 0.1) is 0 Å². The van der Waals surface area contributed by atoms with Gasteiger partial charge in [0.15, 0.2) is 11.0 Å². The van der Waals surface area contributed by atoms with E-state index < -0.39 is 0 Å². The van der Waals surface area contributed by atoms with Gasteiger partial charge in [-0.05, 0) is 55.4 Å². The number of nitrogens with one attached hydrogen (secondary N) is 1. The summed E-state index contributed by atoms with van der Waals surface area (Å²) in [6.45, 7) is 4.57. The van der Waals surface area contributed by atoms with E-state index in [0.29, 0.717) is 6.54 Å². The van der Waals surface area contributed by atoms with Crippen molar-refractivity contribution in [3.8, 4) is 0 Å². The van der Waals surface area contributed by atoms with Crippen LogP contribution in [-0.2, 0) is 6.54 Å². The van der Waals surface area contributed by atoms with E-state index in [4.69, 9.17) is 16.0 Å². The van der Waals surface area contributed by atoms with E-state index >= 15 is 0 Å². The molecule has 0 saturated carbocycles. The molecule has 6 nitrogen and oxygen atoms in total. The summed E-state index contributed by atoms with van der Waals surface area (Å²) in [6.07, 6.45) is 2.95. The van der Waals surface area contributed by atoms with Gasteiger partial charge in [0, 0.05) is 32.4 Å². The minimum Gasteiger partial charge on any atom is -0.440 e. The molecule has 128 valence electrons. The normalized spacial score (nSPS) is 16.0. The van der Waals surface area contributed by atoms with E-state index in [1.807, 2.05) is 12.1 Å². The predicted octanol–water partition coefficient (Wildman–Crippen LogP) is 2.40. The highest BCUT2D eigenvalue weighted by atomic mass is 35.5. The predicted molar refractivity (Wildman–Crippen MR) is 93.5 cm³/mol. The zero-order valence-electron chi connectivity index (χ0n) is 13.7. The number of carbonyl (C=O) groups is 1. The Morgan fingerprint density at radius 1 is 1.25 bits per heavy atom. The van der Waals surface area contributed by atoms with Gasteiger partial charge in [0.05, 0.1) is 0 Å². The highest BCUT2D eigenvalue weighted by molar-refractivity contribution is 6.29. The molecule has 1 fully saturated rings. The molecule has 0 aliphatic carbocycles. The van der Waals surface area contributed by atoms with Gasteiger partial charge in [0.1, 0.15) is 5.82 Å². The second-order valence-corrected chi connectivity index (χ2v) is 6.33. The largest absolute Gasteiger partial charge is 0.440 e. The maximum absolute atomic E-state index is 11.9. The standard InChI is InChI=1S/C17H21ClN4O2/c1-21-7-2-8-22(10-9-21)16-6-3-13(11-19-16)12-20-17(23)14-4-5-15(18)24-14/h3-6,11H,2,7-10,12H2,1H3,(H,20,23). The minimum atomic E-state index is -0.290. The molecule has 3 rings (SSSR count). The third-order valence-corrected chi connectivity index (χ3v) is 4.31. The van der Waals surface area contributed by atoms with Crippen molar-refractivity contribution < 1.29 is 9.21 Å². The Hall–Kier alpha value is -2.05. The Morgan fingerprint density at radius 2 is 2.12 bits per heavy atom. The van der Waals surface area contributed by atoms with Crippen LogP contribution in [0.25, 0.3) is 0 Å². The third kappa shape index (κ3) is 4.27. The number of amides is 1. The van der Waals surface area contributed by atoms with Crippen molar-refractivity contribution in [3.63, 3.8) is 0 Å². The summed E-state index contributed by atoms with van der Waals surface area (Å²) in [7, 11) is 2.15. The van der Waals surface area contributed by atoms with Crippen LogP contribution in [-0.4, -0.2) is 49.0 Å². The molecule has 2 aromatic rings. The van der Waals surface area contributed by atoms with E-state index in [-0.39, 0.29) is 16.9 Å². The second kappa shape index (κ2) is 7.68. The first-order valence-corrected chi connectivity index (χ1v) is 8.41. The van der Waals surface area contributed by atoms with E-state index in [0.717, 1.165) is 44.0 Å². The number of rotatable bonds is 4. The number of anilines is 1. The first-order chi connectivity index (χ1) is 11.6. The fraction of sp³-hybridized carbons (Fsp3) is 0.412. The van der Waals surface area contributed by atoms with Gasteiger partial charge in [-0.2, -0.15) is 0 Å². The lowest BCUT2D eigenvalue weighted by Crippen LogP contribution is -2.29. The third-order valence-electron chi connectivity index (χ3n) is 4.10. The van der Waals surface area contributed by atoms with E-state index in [1.54, 1.807) is 18.3 Å². The van der Waals surface area contributed by atoms with Gasteiger partial charge in [0.2, 0.25) is 0 Å². The molecule has 2 aromatic heterocycles. The number of hydrogen-bond donors (Lipinski definition) is 1. The molecule has 0 spiro atoms. The summed E-state index contributed by atoms with van der Waals surface area (Å²) in [5.41, 5.74) is 0.941. The van der Waals surface area contributed by atoms with Crippen LogP contribution < -0.4 is 10.2 Å². The first-order valence-electron chi connectivity index (χ1n) is 8.04. The fourth-order valence-corrected chi connectivity index (χ4v) is 2.84. The van der Waals surface area contributed by atoms with Gasteiger partial charge >= 0.3 is 0 Å². The summed E-state index contributed by atoms with van der Waals surface area (Å²) >= 11 is 5.67. The van der Waals surface area contributed by atoms with Crippen LogP contribution in [0.5, 0.6) is 0 Å². The Bertz CT molecular complexity index is 686. The molecule has 0 unspecified atom stereocenters. The van der Waals surface area contributed by atoms with Gasteiger partial charge in [-0.3, -0.25) is 4.79 Å². The monoisotopic (exact) mass is 348 g/mol. The minimum absolute atomic E-state index is 0.203. The van der Waals surface area contributed by atoms with E-state index in [2.05, 4.69) is 27.1 Å². The van der Waals surface area contributed by atoms with E-state index in [1.165, 1.54) is 0 Å². The molecule has 0 radical (unpaired) electrons. The molecular formula is C17H21ClN4O2. The SMILES string of the molecule is CN1CCCN(c2ccc(CNC(=O)c3ccc(Cl)o3)cn2)CC1. The van der Waals surface area contributed by atoms with Crippen LogP contribution in [0.1, 0.15) is 22.5 Å². The van der Waals surface area contributed by atoms with Crippen LogP contribution in [0.3, 0.4) is 0 Å². The molecule has 0 aromatic carbocycles. The lowest BCUT2D eigenvalue weighted by Gasteiger charge is -2.21. The summed E-state index contributed by atoms with van der Waals surface area (Å²) < 4.78 is 5.08. The fourth-order valence-electron chi connectivity index (χ4n) is 2.69. The maximum Gasteiger partial charge on any atom is 0.287 e.